The van der Waals surface area contributed by atoms with Crippen molar-refractivity contribution in [2.24, 2.45) is 0 Å². The average molecular weight is 507 g/mol. The van der Waals surface area contributed by atoms with E-state index in [4.69, 9.17) is 11.6 Å². The fraction of sp³-hybridized carbons (Fsp3) is 0.179. The highest BCUT2D eigenvalue weighted by molar-refractivity contribution is 7.92. The molecule has 4 aromatic rings. The Balaban J connectivity index is 1.61. The molecule has 3 aromatic carbocycles. The number of fused-ring (bicyclic) bond motifs is 1. The minimum Gasteiger partial charge on any atom is -0.358 e. The first kappa shape index (κ1) is 24.8. The molecule has 35 heavy (non-hydrogen) atoms. The average Bonchev–Trinajstić information content (AvgIpc) is 3.14. The summed E-state index contributed by atoms with van der Waals surface area (Å²) in [5, 5.41) is 2.57. The second kappa shape index (κ2) is 10.5. The van der Waals surface area contributed by atoms with Crippen LogP contribution in [-0.2, 0) is 16.4 Å². The van der Waals surface area contributed by atoms with Gasteiger partial charge in [0.2, 0.25) is 0 Å². The Morgan fingerprint density at radius 2 is 1.80 bits per heavy atom. The van der Waals surface area contributed by atoms with E-state index in [9.17, 15) is 13.2 Å². The van der Waals surface area contributed by atoms with E-state index in [-0.39, 0.29) is 5.56 Å². The number of aryl methyl sites for hydroxylation is 1. The van der Waals surface area contributed by atoms with Crippen LogP contribution in [-0.4, -0.2) is 19.3 Å². The van der Waals surface area contributed by atoms with Gasteiger partial charge < -0.3 is 4.98 Å². The van der Waals surface area contributed by atoms with E-state index in [0.717, 1.165) is 50.7 Å². The predicted molar refractivity (Wildman–Crippen MR) is 143 cm³/mol. The molecular weight excluding hydrogens is 480 g/mol. The summed E-state index contributed by atoms with van der Waals surface area (Å²) in [4.78, 5) is 16.0. The Kier molecular flexibility index (Phi) is 7.43. The van der Waals surface area contributed by atoms with E-state index < -0.39 is 15.9 Å². The molecule has 5 nitrogen and oxygen atoms in total. The number of rotatable bonds is 8. The fourth-order valence-electron chi connectivity index (χ4n) is 4.03. The number of carbonyl (C=O) groups excluding carboxylic acids is 1. The highest BCUT2D eigenvalue weighted by Gasteiger charge is 2.17. The van der Waals surface area contributed by atoms with Gasteiger partial charge >= 0.3 is 0 Å². The summed E-state index contributed by atoms with van der Waals surface area (Å²) in [6.07, 6.45) is 3.56. The van der Waals surface area contributed by atoms with E-state index in [1.54, 1.807) is 24.3 Å². The zero-order chi connectivity index (χ0) is 25.0. The SMILES string of the molecule is CCCC=CS(=O)(=O)NC(=O)c1ccc2[nH]c(C)c(Cc3ccc(-c4ccccc4)cc3Cl)c2c1. The Morgan fingerprint density at radius 3 is 2.51 bits per heavy atom. The summed E-state index contributed by atoms with van der Waals surface area (Å²) in [6.45, 7) is 3.93. The van der Waals surface area contributed by atoms with Crippen LogP contribution in [0.1, 0.15) is 46.9 Å². The summed E-state index contributed by atoms with van der Waals surface area (Å²) < 4.78 is 26.5. The Bertz CT molecular complexity index is 1510. The van der Waals surface area contributed by atoms with Gasteiger partial charge in [-0.2, -0.15) is 0 Å². The van der Waals surface area contributed by atoms with Crippen molar-refractivity contribution < 1.29 is 13.2 Å². The van der Waals surface area contributed by atoms with Crippen LogP contribution in [0.25, 0.3) is 22.0 Å². The summed E-state index contributed by atoms with van der Waals surface area (Å²) in [5.74, 6) is -0.664. The third-order valence-corrected chi connectivity index (χ3v) is 7.25. The van der Waals surface area contributed by atoms with Crippen LogP contribution < -0.4 is 4.72 Å². The highest BCUT2D eigenvalue weighted by Crippen LogP contribution is 2.31. The van der Waals surface area contributed by atoms with Crippen molar-refractivity contribution in [2.45, 2.75) is 33.1 Å². The molecule has 1 amide bonds. The lowest BCUT2D eigenvalue weighted by atomic mass is 9.98. The number of halogens is 1. The molecule has 7 heteroatoms. The molecule has 0 fully saturated rings. The van der Waals surface area contributed by atoms with Crippen molar-refractivity contribution in [2.75, 3.05) is 0 Å². The molecule has 180 valence electrons. The predicted octanol–water partition coefficient (Wildman–Crippen LogP) is 6.76. The van der Waals surface area contributed by atoms with Crippen LogP contribution in [0.5, 0.6) is 0 Å². The zero-order valence-electron chi connectivity index (χ0n) is 19.6. The number of H-pyrrole nitrogens is 1. The first-order valence-corrected chi connectivity index (χ1v) is 13.4. The van der Waals surface area contributed by atoms with Crippen molar-refractivity contribution in [3.63, 3.8) is 0 Å². The maximum absolute atomic E-state index is 12.7. The van der Waals surface area contributed by atoms with E-state index in [1.165, 1.54) is 0 Å². The smallest absolute Gasteiger partial charge is 0.265 e. The van der Waals surface area contributed by atoms with Crippen LogP contribution in [0.4, 0.5) is 0 Å². The quantitative estimate of drug-likeness (QED) is 0.277. The number of allylic oxidation sites excluding steroid dienone is 1. The molecule has 0 unspecified atom stereocenters. The number of benzene rings is 3. The van der Waals surface area contributed by atoms with E-state index in [0.29, 0.717) is 17.9 Å². The monoisotopic (exact) mass is 506 g/mol. The van der Waals surface area contributed by atoms with Crippen LogP contribution in [0.2, 0.25) is 5.02 Å². The third kappa shape index (κ3) is 5.84. The molecule has 0 aliphatic rings. The van der Waals surface area contributed by atoms with Crippen LogP contribution in [0, 0.1) is 6.92 Å². The molecule has 1 heterocycles. The van der Waals surface area contributed by atoms with Gasteiger partial charge in [0.05, 0.1) is 0 Å². The number of hydrogen-bond donors (Lipinski definition) is 2. The van der Waals surface area contributed by atoms with Crippen LogP contribution >= 0.6 is 11.6 Å². The number of unbranched alkanes of at least 4 members (excludes halogenated alkanes) is 1. The molecule has 2 N–H and O–H groups in total. The first-order valence-electron chi connectivity index (χ1n) is 11.5. The topological polar surface area (TPSA) is 79.0 Å². The number of carbonyl (C=O) groups is 1. The minimum atomic E-state index is -3.85. The Hall–Kier alpha value is -3.35. The van der Waals surface area contributed by atoms with Crippen molar-refractivity contribution in [1.29, 1.82) is 0 Å². The van der Waals surface area contributed by atoms with E-state index in [2.05, 4.69) is 15.8 Å². The molecule has 0 spiro atoms. The largest absolute Gasteiger partial charge is 0.358 e. The van der Waals surface area contributed by atoms with Gasteiger partial charge in [-0.1, -0.05) is 73.5 Å². The van der Waals surface area contributed by atoms with Crippen molar-refractivity contribution in [3.8, 4) is 11.1 Å². The standard InChI is InChI=1S/C28H27ClN2O3S/c1-3-4-8-15-35(33,34)31-28(32)23-13-14-27-25(17-23)24(19(2)30-27)16-22-12-11-21(18-26(22)29)20-9-6-5-7-10-20/h5-15,17-18,30H,3-4,16H2,1-2H3,(H,31,32). The molecular formula is C28H27ClN2O3S. The van der Waals surface area contributed by atoms with Gasteiger partial charge in [0.25, 0.3) is 15.9 Å². The minimum absolute atomic E-state index is 0.274. The number of sulfonamides is 1. The van der Waals surface area contributed by atoms with Crippen LogP contribution in [0.3, 0.4) is 0 Å². The normalized spacial score (nSPS) is 11.9. The number of nitrogens with one attached hydrogen (secondary N) is 2. The molecule has 4 rings (SSSR count). The second-order valence-corrected chi connectivity index (χ2v) is 10.4. The Labute approximate surface area is 210 Å². The third-order valence-electron chi connectivity index (χ3n) is 5.87. The lowest BCUT2D eigenvalue weighted by Gasteiger charge is -2.09. The molecule has 0 radical (unpaired) electrons. The van der Waals surface area contributed by atoms with Crippen molar-refractivity contribution in [3.05, 3.63) is 106 Å². The molecule has 0 aliphatic carbocycles. The van der Waals surface area contributed by atoms with E-state index in [1.807, 2.05) is 56.3 Å². The first-order chi connectivity index (χ1) is 16.8. The van der Waals surface area contributed by atoms with Gasteiger partial charge in [-0.15, -0.1) is 0 Å². The van der Waals surface area contributed by atoms with Gasteiger partial charge in [0.15, 0.2) is 0 Å². The Morgan fingerprint density at radius 1 is 1.03 bits per heavy atom. The second-order valence-electron chi connectivity index (χ2n) is 8.47. The van der Waals surface area contributed by atoms with Gasteiger partial charge in [-0.3, -0.25) is 4.79 Å². The molecule has 1 aromatic heterocycles. The summed E-state index contributed by atoms with van der Waals surface area (Å²) >= 11 is 6.66. The zero-order valence-corrected chi connectivity index (χ0v) is 21.2. The summed E-state index contributed by atoms with van der Waals surface area (Å²) in [5.41, 5.74) is 6.23. The highest BCUT2D eigenvalue weighted by atomic mass is 35.5. The molecule has 0 saturated carbocycles. The van der Waals surface area contributed by atoms with Crippen molar-refractivity contribution >= 4 is 38.4 Å². The summed E-state index contributed by atoms with van der Waals surface area (Å²) in [7, 11) is -3.85. The van der Waals surface area contributed by atoms with Crippen LogP contribution in [0.15, 0.2) is 78.2 Å². The maximum Gasteiger partial charge on any atom is 0.265 e. The van der Waals surface area contributed by atoms with Gasteiger partial charge in [0.1, 0.15) is 0 Å². The molecule has 0 atom stereocenters. The van der Waals surface area contributed by atoms with Crippen molar-refractivity contribution in [1.82, 2.24) is 9.71 Å². The maximum atomic E-state index is 12.7. The number of amides is 1. The van der Waals surface area contributed by atoms with Gasteiger partial charge in [0, 0.05) is 39.0 Å². The summed E-state index contributed by atoms with van der Waals surface area (Å²) in [6, 6.07) is 21.2. The number of hydrogen-bond acceptors (Lipinski definition) is 3. The molecule has 0 bridgehead atoms. The number of aromatic nitrogens is 1. The molecule has 0 saturated heterocycles. The lowest BCUT2D eigenvalue weighted by Crippen LogP contribution is -2.28. The van der Waals surface area contributed by atoms with Gasteiger partial charge in [-0.05, 0) is 59.9 Å². The molecule has 0 aliphatic heterocycles. The number of aromatic amines is 1. The van der Waals surface area contributed by atoms with E-state index >= 15 is 0 Å². The lowest BCUT2D eigenvalue weighted by molar-refractivity contribution is 0.0982. The van der Waals surface area contributed by atoms with Gasteiger partial charge in [-0.25, -0.2) is 13.1 Å². The fourth-order valence-corrected chi connectivity index (χ4v) is 5.11.